The van der Waals surface area contributed by atoms with Crippen molar-refractivity contribution in [2.45, 2.75) is 64.2 Å². The molecule has 0 aliphatic rings. The van der Waals surface area contributed by atoms with Crippen LogP contribution in [-0.4, -0.2) is 0 Å². The Morgan fingerprint density at radius 3 is 0.917 bits per heavy atom. The van der Waals surface area contributed by atoms with Gasteiger partial charge in [0.15, 0.2) is 0 Å². The van der Waals surface area contributed by atoms with Crippen LogP contribution in [0.1, 0.15) is 64.2 Å². The molecule has 4 radical (unpaired) electrons. The molecule has 0 saturated carbocycles. The van der Waals surface area contributed by atoms with Gasteiger partial charge >= 0.3 is 0 Å². The van der Waals surface area contributed by atoms with Crippen LogP contribution >= 0.6 is 0 Å². The van der Waals surface area contributed by atoms with Gasteiger partial charge in [0.05, 0.1) is 0 Å². The predicted molar refractivity (Wildman–Crippen MR) is 54.8 cm³/mol. The summed E-state index contributed by atoms with van der Waals surface area (Å²) >= 11 is 0. The van der Waals surface area contributed by atoms with Crippen LogP contribution in [0.4, 0.5) is 0 Å². The minimum absolute atomic E-state index is 0.854. The second-order valence-corrected chi connectivity index (χ2v) is 3.41. The lowest BCUT2D eigenvalue weighted by molar-refractivity contribution is 0.570. The average Bonchev–Trinajstić information content (AvgIpc) is 2.10. The molecule has 0 aromatic carbocycles. The first-order valence-corrected chi connectivity index (χ1v) is 5.32. The highest BCUT2D eigenvalue weighted by molar-refractivity contribution is 4.48. The zero-order valence-electron chi connectivity index (χ0n) is 8.23. The Bertz CT molecular complexity index is 56.4. The average molecular weight is 166 g/mol. The highest BCUT2D eigenvalue weighted by Gasteiger charge is 1.90. The fraction of sp³-hybridized carbons (Fsp3) is 0.833. The van der Waals surface area contributed by atoms with Crippen molar-refractivity contribution in [3.8, 4) is 0 Å². The second-order valence-electron chi connectivity index (χ2n) is 3.41. The standard InChI is InChI=1S/C12H22/c1-3-5-7-9-11-12-10-8-6-4-2/h1-2H,3-12H2. The normalized spacial score (nSPS) is 10.5. The third-order valence-corrected chi connectivity index (χ3v) is 2.16. The van der Waals surface area contributed by atoms with Crippen molar-refractivity contribution in [3.63, 3.8) is 0 Å². The first-order valence-electron chi connectivity index (χ1n) is 5.32. The van der Waals surface area contributed by atoms with Crippen LogP contribution in [0, 0.1) is 13.8 Å². The molecule has 0 fully saturated rings. The molecule has 0 saturated heterocycles. The van der Waals surface area contributed by atoms with Gasteiger partial charge < -0.3 is 0 Å². The molecule has 0 unspecified atom stereocenters. The van der Waals surface area contributed by atoms with E-state index >= 15 is 0 Å². The third kappa shape index (κ3) is 10.0. The molecule has 12 heavy (non-hydrogen) atoms. The van der Waals surface area contributed by atoms with E-state index in [-0.39, 0.29) is 0 Å². The van der Waals surface area contributed by atoms with Gasteiger partial charge in [0.2, 0.25) is 0 Å². The Morgan fingerprint density at radius 2 is 0.667 bits per heavy atom. The first-order chi connectivity index (χ1) is 5.91. The van der Waals surface area contributed by atoms with Gasteiger partial charge in [-0.3, -0.25) is 0 Å². The van der Waals surface area contributed by atoms with Crippen molar-refractivity contribution < 1.29 is 0 Å². The van der Waals surface area contributed by atoms with Crippen LogP contribution in [0.2, 0.25) is 0 Å². The molecule has 70 valence electrons. The quantitative estimate of drug-likeness (QED) is 0.448. The third-order valence-electron chi connectivity index (χ3n) is 2.16. The molecule has 0 aromatic heterocycles. The van der Waals surface area contributed by atoms with Gasteiger partial charge in [-0.2, -0.15) is 0 Å². The Kier molecular flexibility index (Phi) is 11.0. The molecule has 0 heteroatoms. The molecule has 0 bridgehead atoms. The summed E-state index contributed by atoms with van der Waals surface area (Å²) in [5.41, 5.74) is 0. The second kappa shape index (κ2) is 11.0. The van der Waals surface area contributed by atoms with E-state index in [0.717, 1.165) is 12.8 Å². The molecule has 0 aromatic rings. The molecular weight excluding hydrogens is 144 g/mol. The smallest absolute Gasteiger partial charge is 0.0352 e. The summed E-state index contributed by atoms with van der Waals surface area (Å²) in [5.74, 6) is 0. The van der Waals surface area contributed by atoms with E-state index in [9.17, 15) is 0 Å². The number of unbranched alkanes of at least 4 members (excludes halogenated alkanes) is 9. The van der Waals surface area contributed by atoms with E-state index in [2.05, 4.69) is 0 Å². The largest absolute Gasteiger partial charge is 0.0533 e. The van der Waals surface area contributed by atoms with E-state index in [1.165, 1.54) is 51.4 Å². The summed E-state index contributed by atoms with van der Waals surface area (Å²) in [6, 6.07) is 0. The Labute approximate surface area is 78.8 Å². The monoisotopic (exact) mass is 166 g/mol. The van der Waals surface area contributed by atoms with Crippen LogP contribution in [-0.2, 0) is 0 Å². The van der Waals surface area contributed by atoms with Crippen molar-refractivity contribution in [2.75, 3.05) is 0 Å². The van der Waals surface area contributed by atoms with Crippen molar-refractivity contribution in [3.05, 3.63) is 13.8 Å². The molecule has 0 spiro atoms. The lowest BCUT2D eigenvalue weighted by atomic mass is 10.1. The summed E-state index contributed by atoms with van der Waals surface area (Å²) in [7, 11) is 0. The van der Waals surface area contributed by atoms with Crippen molar-refractivity contribution in [2.24, 2.45) is 0 Å². The molecule has 0 N–H and O–H groups in total. The summed E-state index contributed by atoms with van der Waals surface area (Å²) in [6.07, 6.45) is 12.2. The van der Waals surface area contributed by atoms with Gasteiger partial charge in [-0.15, -0.1) is 0 Å². The number of rotatable bonds is 9. The highest BCUT2D eigenvalue weighted by atomic mass is 14.0. The van der Waals surface area contributed by atoms with Gasteiger partial charge in [-0.1, -0.05) is 51.4 Å². The molecule has 0 atom stereocenters. The van der Waals surface area contributed by atoms with Crippen molar-refractivity contribution in [1.82, 2.24) is 0 Å². The molecule has 0 amide bonds. The summed E-state index contributed by atoms with van der Waals surface area (Å²) in [4.78, 5) is 0. The molecule has 0 nitrogen and oxygen atoms in total. The van der Waals surface area contributed by atoms with Crippen molar-refractivity contribution >= 4 is 0 Å². The number of hydrogen-bond acceptors (Lipinski definition) is 0. The Morgan fingerprint density at radius 1 is 0.417 bits per heavy atom. The lowest BCUT2D eigenvalue weighted by Gasteiger charge is -1.99. The SMILES string of the molecule is [CH]CCCCCCCCCC[CH]. The molecule has 0 aliphatic carbocycles. The highest BCUT2D eigenvalue weighted by Crippen LogP contribution is 2.09. The van der Waals surface area contributed by atoms with Gasteiger partial charge in [0.1, 0.15) is 0 Å². The summed E-state index contributed by atoms with van der Waals surface area (Å²) in [5, 5.41) is 0. The molecular formula is C12H22. The van der Waals surface area contributed by atoms with Gasteiger partial charge in [-0.25, -0.2) is 0 Å². The number of hydrogen-bond donors (Lipinski definition) is 0. The van der Waals surface area contributed by atoms with E-state index in [4.69, 9.17) is 13.8 Å². The van der Waals surface area contributed by atoms with Crippen LogP contribution in [0.5, 0.6) is 0 Å². The summed E-state index contributed by atoms with van der Waals surface area (Å²) in [6.45, 7) is 10.8. The Balaban J connectivity index is 2.73. The molecule has 0 aliphatic heterocycles. The topological polar surface area (TPSA) is 0 Å². The van der Waals surface area contributed by atoms with Crippen LogP contribution in [0.25, 0.3) is 0 Å². The van der Waals surface area contributed by atoms with Gasteiger partial charge in [-0.05, 0) is 26.7 Å². The van der Waals surface area contributed by atoms with E-state index in [1.807, 2.05) is 0 Å². The zero-order valence-corrected chi connectivity index (χ0v) is 8.23. The van der Waals surface area contributed by atoms with Gasteiger partial charge in [0, 0.05) is 0 Å². The summed E-state index contributed by atoms with van der Waals surface area (Å²) < 4.78 is 0. The van der Waals surface area contributed by atoms with Crippen LogP contribution in [0.3, 0.4) is 0 Å². The fourth-order valence-electron chi connectivity index (χ4n) is 1.35. The first kappa shape index (κ1) is 12.0. The van der Waals surface area contributed by atoms with Gasteiger partial charge in [0.25, 0.3) is 0 Å². The van der Waals surface area contributed by atoms with Crippen LogP contribution < -0.4 is 0 Å². The maximum Gasteiger partial charge on any atom is -0.0352 e. The Hall–Kier alpha value is 0. The van der Waals surface area contributed by atoms with E-state index < -0.39 is 0 Å². The zero-order chi connectivity index (χ0) is 9.07. The van der Waals surface area contributed by atoms with Crippen LogP contribution in [0.15, 0.2) is 0 Å². The van der Waals surface area contributed by atoms with E-state index in [1.54, 1.807) is 0 Å². The minimum atomic E-state index is 0.854. The minimum Gasteiger partial charge on any atom is -0.0533 e. The molecule has 0 heterocycles. The lowest BCUT2D eigenvalue weighted by Crippen LogP contribution is -1.80. The maximum atomic E-state index is 5.40. The van der Waals surface area contributed by atoms with E-state index in [0.29, 0.717) is 0 Å². The maximum absolute atomic E-state index is 5.40. The predicted octanol–water partition coefficient (Wildman–Crippen LogP) is 4.31. The fourth-order valence-corrected chi connectivity index (χ4v) is 1.35. The molecule has 0 rings (SSSR count). The van der Waals surface area contributed by atoms with Crippen molar-refractivity contribution in [1.29, 1.82) is 0 Å².